The number of hydrogen-bond donors (Lipinski definition) is 2. The van der Waals surface area contributed by atoms with Gasteiger partial charge in [0.2, 0.25) is 0 Å². The minimum absolute atomic E-state index is 0.0781. The molecule has 0 aliphatic rings. The quantitative estimate of drug-likeness (QED) is 0.883. The largest absolute Gasteiger partial charge is 0.484 e. The molecule has 0 saturated heterocycles. The summed E-state index contributed by atoms with van der Waals surface area (Å²) in [6.07, 6.45) is 0.0781. The van der Waals surface area contributed by atoms with E-state index in [1.54, 1.807) is 11.3 Å². The molecule has 3 N–H and O–H groups in total. The molecule has 18 heavy (non-hydrogen) atoms. The lowest BCUT2D eigenvalue weighted by atomic mass is 10.4. The summed E-state index contributed by atoms with van der Waals surface area (Å²) in [6.45, 7) is 6.65. The average molecular weight is 284 g/mol. The number of ether oxygens (including phenoxy) is 1. The van der Waals surface area contributed by atoms with Crippen LogP contribution in [-0.2, 0) is 6.54 Å². The van der Waals surface area contributed by atoms with Crippen LogP contribution < -0.4 is 15.8 Å². The van der Waals surface area contributed by atoms with Crippen LogP contribution >= 0.6 is 22.9 Å². The van der Waals surface area contributed by atoms with E-state index in [1.807, 2.05) is 26.3 Å². The van der Waals surface area contributed by atoms with Crippen LogP contribution in [0, 0.1) is 6.92 Å². The van der Waals surface area contributed by atoms with Crippen molar-refractivity contribution in [3.05, 3.63) is 16.1 Å². The van der Waals surface area contributed by atoms with Gasteiger partial charge in [-0.05, 0) is 32.3 Å². The Labute approximate surface area is 114 Å². The summed E-state index contributed by atoms with van der Waals surface area (Å²) in [5, 5.41) is 4.17. The van der Waals surface area contributed by atoms with Gasteiger partial charge in [-0.1, -0.05) is 0 Å². The predicted octanol–water partition coefficient (Wildman–Crippen LogP) is 2.89. The summed E-state index contributed by atoms with van der Waals surface area (Å²) < 4.78 is 9.78. The summed E-state index contributed by atoms with van der Waals surface area (Å²) in [7, 11) is 0. The van der Waals surface area contributed by atoms with Gasteiger partial charge in [0, 0.05) is 4.88 Å². The van der Waals surface area contributed by atoms with E-state index in [1.165, 1.54) is 16.4 Å². The molecule has 0 spiro atoms. The predicted molar refractivity (Wildman–Crippen MR) is 76.5 cm³/mol. The molecule has 0 bridgehead atoms. The van der Waals surface area contributed by atoms with Gasteiger partial charge in [0.05, 0.1) is 23.9 Å². The highest BCUT2D eigenvalue weighted by Crippen LogP contribution is 2.36. The van der Waals surface area contributed by atoms with Gasteiger partial charge in [0.15, 0.2) is 16.6 Å². The highest BCUT2D eigenvalue weighted by atomic mass is 32.1. The minimum atomic E-state index is 0.0781. The number of anilines is 2. The lowest BCUT2D eigenvalue weighted by Crippen LogP contribution is -2.08. The number of thiazole rings is 1. The summed E-state index contributed by atoms with van der Waals surface area (Å²) in [5.74, 6) is 1.09. The second kappa shape index (κ2) is 5.53. The van der Waals surface area contributed by atoms with Crippen molar-refractivity contribution in [2.45, 2.75) is 33.4 Å². The van der Waals surface area contributed by atoms with Gasteiger partial charge in [-0.2, -0.15) is 4.37 Å². The Bertz CT molecular complexity index is 521. The zero-order chi connectivity index (χ0) is 13.1. The van der Waals surface area contributed by atoms with Crippen molar-refractivity contribution in [1.82, 2.24) is 9.36 Å². The smallest absolute Gasteiger partial charge is 0.197 e. The van der Waals surface area contributed by atoms with Crippen molar-refractivity contribution in [2.24, 2.45) is 0 Å². The Kier molecular flexibility index (Phi) is 4.03. The third-order valence-electron chi connectivity index (χ3n) is 2.28. The molecule has 2 aromatic rings. The first-order valence-electron chi connectivity index (χ1n) is 5.62. The van der Waals surface area contributed by atoms with E-state index in [4.69, 9.17) is 10.5 Å². The molecule has 0 saturated carbocycles. The Morgan fingerprint density at radius 1 is 1.50 bits per heavy atom. The molecule has 0 unspecified atom stereocenters. The first kappa shape index (κ1) is 13.1. The summed E-state index contributed by atoms with van der Waals surface area (Å²) >= 11 is 2.95. The Morgan fingerprint density at radius 2 is 2.28 bits per heavy atom. The van der Waals surface area contributed by atoms with Crippen LogP contribution in [0.3, 0.4) is 0 Å². The second-order valence-corrected chi connectivity index (χ2v) is 5.82. The molecule has 0 aliphatic carbocycles. The van der Waals surface area contributed by atoms with E-state index >= 15 is 0 Å². The number of nitrogens with two attached hydrogens (primary N) is 1. The normalized spacial score (nSPS) is 10.9. The highest BCUT2D eigenvalue weighted by Gasteiger charge is 2.14. The molecule has 2 heterocycles. The van der Waals surface area contributed by atoms with Crippen molar-refractivity contribution in [3.8, 4) is 5.75 Å². The SMILES string of the molecule is Cc1ncsc1CNc1snc(N)c1OC(C)C. The molecule has 98 valence electrons. The zero-order valence-electron chi connectivity index (χ0n) is 10.6. The van der Waals surface area contributed by atoms with Crippen molar-refractivity contribution in [3.63, 3.8) is 0 Å². The number of hydrogen-bond acceptors (Lipinski definition) is 7. The van der Waals surface area contributed by atoms with Gasteiger partial charge in [-0.15, -0.1) is 11.3 Å². The minimum Gasteiger partial charge on any atom is -0.484 e. The third kappa shape index (κ3) is 2.91. The van der Waals surface area contributed by atoms with Crippen LogP contribution in [0.5, 0.6) is 5.75 Å². The molecule has 0 atom stereocenters. The number of rotatable bonds is 5. The number of nitrogens with one attached hydrogen (secondary N) is 1. The Hall–Kier alpha value is -1.34. The lowest BCUT2D eigenvalue weighted by molar-refractivity contribution is 0.245. The van der Waals surface area contributed by atoms with E-state index in [0.29, 0.717) is 18.1 Å². The van der Waals surface area contributed by atoms with E-state index in [2.05, 4.69) is 14.7 Å². The molecular formula is C11H16N4OS2. The van der Waals surface area contributed by atoms with Crippen molar-refractivity contribution < 1.29 is 4.74 Å². The Morgan fingerprint density at radius 3 is 2.89 bits per heavy atom. The monoisotopic (exact) mass is 284 g/mol. The highest BCUT2D eigenvalue weighted by molar-refractivity contribution is 7.11. The van der Waals surface area contributed by atoms with E-state index < -0.39 is 0 Å². The topological polar surface area (TPSA) is 73.1 Å². The maximum absolute atomic E-state index is 5.79. The Balaban J connectivity index is 2.07. The number of aryl methyl sites for hydroxylation is 1. The maximum atomic E-state index is 5.79. The van der Waals surface area contributed by atoms with Crippen LogP contribution in [0.4, 0.5) is 10.8 Å². The number of nitrogens with zero attached hydrogens (tertiary/aromatic N) is 2. The summed E-state index contributed by atoms with van der Waals surface area (Å²) in [5.41, 5.74) is 8.69. The van der Waals surface area contributed by atoms with E-state index in [-0.39, 0.29) is 6.10 Å². The van der Waals surface area contributed by atoms with Crippen molar-refractivity contribution in [1.29, 1.82) is 0 Å². The van der Waals surface area contributed by atoms with Gasteiger partial charge in [-0.3, -0.25) is 0 Å². The molecular weight excluding hydrogens is 268 g/mol. The van der Waals surface area contributed by atoms with Gasteiger partial charge >= 0.3 is 0 Å². The fraction of sp³-hybridized carbons (Fsp3) is 0.455. The maximum Gasteiger partial charge on any atom is 0.197 e. The number of nitrogen functional groups attached to an aromatic ring is 1. The fourth-order valence-electron chi connectivity index (χ4n) is 1.41. The van der Waals surface area contributed by atoms with Crippen LogP contribution in [0.25, 0.3) is 0 Å². The lowest BCUT2D eigenvalue weighted by Gasteiger charge is -2.11. The molecule has 0 aromatic carbocycles. The van der Waals surface area contributed by atoms with Gasteiger partial charge in [-0.25, -0.2) is 4.98 Å². The second-order valence-electron chi connectivity index (χ2n) is 4.11. The molecule has 0 radical (unpaired) electrons. The van der Waals surface area contributed by atoms with Crippen molar-refractivity contribution >= 4 is 33.7 Å². The fourth-order valence-corrected chi connectivity index (χ4v) is 2.77. The summed E-state index contributed by atoms with van der Waals surface area (Å²) in [6, 6.07) is 0. The first-order chi connectivity index (χ1) is 8.58. The van der Waals surface area contributed by atoms with Crippen LogP contribution in [0.2, 0.25) is 0 Å². The van der Waals surface area contributed by atoms with Crippen LogP contribution in [0.15, 0.2) is 5.51 Å². The third-order valence-corrected chi connectivity index (χ3v) is 4.02. The standard InChI is InChI=1S/C11H16N4OS2/c1-6(2)16-9-10(12)15-18-11(9)13-4-8-7(3)14-5-17-8/h5-6,13H,4H2,1-3H3,(H2,12,15). The first-order valence-corrected chi connectivity index (χ1v) is 7.28. The van der Waals surface area contributed by atoms with E-state index in [0.717, 1.165) is 10.7 Å². The molecule has 2 rings (SSSR count). The number of aromatic nitrogens is 2. The van der Waals surface area contributed by atoms with Crippen LogP contribution in [-0.4, -0.2) is 15.5 Å². The van der Waals surface area contributed by atoms with Gasteiger partial charge in [0.25, 0.3) is 0 Å². The molecule has 5 nitrogen and oxygen atoms in total. The molecule has 2 aromatic heterocycles. The molecule has 0 fully saturated rings. The average Bonchev–Trinajstić information content (AvgIpc) is 2.85. The molecule has 7 heteroatoms. The summed E-state index contributed by atoms with van der Waals surface area (Å²) in [4.78, 5) is 5.42. The van der Waals surface area contributed by atoms with Crippen LogP contribution in [0.1, 0.15) is 24.4 Å². The van der Waals surface area contributed by atoms with Crippen molar-refractivity contribution in [2.75, 3.05) is 11.1 Å². The molecule has 0 aliphatic heterocycles. The zero-order valence-corrected chi connectivity index (χ0v) is 12.2. The van der Waals surface area contributed by atoms with Gasteiger partial charge in [0.1, 0.15) is 0 Å². The molecule has 0 amide bonds. The van der Waals surface area contributed by atoms with Gasteiger partial charge < -0.3 is 15.8 Å². The van der Waals surface area contributed by atoms with E-state index in [9.17, 15) is 0 Å².